The van der Waals surface area contributed by atoms with Crippen LogP contribution in [0.25, 0.3) is 0 Å². The van der Waals surface area contributed by atoms with E-state index in [1.807, 2.05) is 6.07 Å². The molecule has 0 radical (unpaired) electrons. The summed E-state index contributed by atoms with van der Waals surface area (Å²) in [5, 5.41) is 3.63. The number of nitrogens with zero attached hydrogens (tertiary/aromatic N) is 2. The van der Waals surface area contributed by atoms with Crippen LogP contribution in [0.2, 0.25) is 0 Å². The number of thiazole rings is 1. The Kier molecular flexibility index (Phi) is 4.56. The van der Waals surface area contributed by atoms with Gasteiger partial charge >= 0.3 is 0 Å². The molecule has 0 unspecified atom stereocenters. The molecule has 5 rings (SSSR count). The number of halogens is 1. The van der Waals surface area contributed by atoms with E-state index < -0.39 is 0 Å². The Morgan fingerprint density at radius 1 is 1.38 bits per heavy atom. The summed E-state index contributed by atoms with van der Waals surface area (Å²) in [5.74, 6) is 0.245. The van der Waals surface area contributed by atoms with Crippen molar-refractivity contribution in [1.29, 1.82) is 0 Å². The summed E-state index contributed by atoms with van der Waals surface area (Å²) in [6.07, 6.45) is 4.03. The second kappa shape index (κ2) is 6.82. The third-order valence-electron chi connectivity index (χ3n) is 4.67. The van der Waals surface area contributed by atoms with Crippen molar-refractivity contribution < 1.29 is 9.18 Å². The van der Waals surface area contributed by atoms with Crippen LogP contribution in [0.1, 0.15) is 22.6 Å². The average Bonchev–Trinajstić information content (AvgIpc) is 3.05. The van der Waals surface area contributed by atoms with Gasteiger partial charge < -0.3 is 10.2 Å². The Balaban J connectivity index is 1.40. The average molecular weight is 363 g/mol. The van der Waals surface area contributed by atoms with E-state index in [2.05, 4.69) is 15.2 Å². The van der Waals surface area contributed by atoms with Crippen LogP contribution in [0.3, 0.4) is 0 Å². The summed E-state index contributed by atoms with van der Waals surface area (Å²) in [7, 11) is 0. The minimum atomic E-state index is -0.259. The number of carbonyl (C=O) groups excluding carboxylic acids is 1. The Hall–Kier alpha value is -1.44. The number of hydrogen-bond acceptors (Lipinski definition) is 5. The second-order valence-electron chi connectivity index (χ2n) is 6.26. The molecule has 3 saturated heterocycles. The lowest BCUT2D eigenvalue weighted by Gasteiger charge is -2.44. The third-order valence-corrected chi connectivity index (χ3v) is 6.75. The maximum Gasteiger partial charge on any atom is 0.280 e. The van der Waals surface area contributed by atoms with Gasteiger partial charge in [0.2, 0.25) is 0 Å². The molecule has 3 aliphatic heterocycles. The molecule has 7 heteroatoms. The fraction of sp³-hybridized carbons (Fsp3) is 0.412. The first kappa shape index (κ1) is 16.1. The summed E-state index contributed by atoms with van der Waals surface area (Å²) < 4.78 is 14.1. The van der Waals surface area contributed by atoms with Crippen molar-refractivity contribution >= 4 is 29.0 Å². The Morgan fingerprint density at radius 3 is 2.92 bits per heavy atom. The number of carbonyl (C=O) groups is 1. The van der Waals surface area contributed by atoms with Gasteiger partial charge in [-0.25, -0.2) is 9.37 Å². The van der Waals surface area contributed by atoms with E-state index in [4.69, 9.17) is 0 Å². The quantitative estimate of drug-likeness (QED) is 0.906. The molecule has 24 heavy (non-hydrogen) atoms. The minimum absolute atomic E-state index is 0.0927. The molecule has 1 aromatic heterocycles. The lowest BCUT2D eigenvalue weighted by atomic mass is 9.84. The number of piperidine rings is 3. The SMILES string of the molecule is O=C(N[C@H]1CN2CCC1CC2)c1ncc(Sc2cccc(F)c2)s1. The summed E-state index contributed by atoms with van der Waals surface area (Å²) in [6.45, 7) is 3.26. The smallest absolute Gasteiger partial charge is 0.280 e. The highest BCUT2D eigenvalue weighted by Crippen LogP contribution is 2.33. The molecule has 0 spiro atoms. The minimum Gasteiger partial charge on any atom is -0.346 e. The largest absolute Gasteiger partial charge is 0.346 e. The molecule has 4 nitrogen and oxygen atoms in total. The second-order valence-corrected chi connectivity index (χ2v) is 8.67. The van der Waals surface area contributed by atoms with Crippen LogP contribution in [0.5, 0.6) is 0 Å². The van der Waals surface area contributed by atoms with Gasteiger partial charge in [-0.1, -0.05) is 17.8 Å². The molecule has 1 amide bonds. The van der Waals surface area contributed by atoms with E-state index >= 15 is 0 Å². The molecular weight excluding hydrogens is 345 g/mol. The van der Waals surface area contributed by atoms with Crippen molar-refractivity contribution in [3.63, 3.8) is 0 Å². The van der Waals surface area contributed by atoms with Crippen molar-refractivity contribution in [3.05, 3.63) is 41.3 Å². The van der Waals surface area contributed by atoms with Crippen LogP contribution in [0, 0.1) is 11.7 Å². The maximum absolute atomic E-state index is 13.2. The number of amides is 1. The highest BCUT2D eigenvalue weighted by Gasteiger charge is 2.35. The molecule has 2 aromatic rings. The summed E-state index contributed by atoms with van der Waals surface area (Å²) in [6, 6.07) is 6.67. The van der Waals surface area contributed by atoms with Gasteiger partial charge in [-0.15, -0.1) is 11.3 Å². The lowest BCUT2D eigenvalue weighted by Crippen LogP contribution is -2.57. The zero-order chi connectivity index (χ0) is 16.5. The van der Waals surface area contributed by atoms with Gasteiger partial charge in [0.25, 0.3) is 5.91 Å². The molecule has 2 bridgehead atoms. The van der Waals surface area contributed by atoms with Gasteiger partial charge in [0, 0.05) is 17.5 Å². The van der Waals surface area contributed by atoms with Crippen LogP contribution in [-0.2, 0) is 0 Å². The van der Waals surface area contributed by atoms with Crippen molar-refractivity contribution in [3.8, 4) is 0 Å². The van der Waals surface area contributed by atoms with Crippen LogP contribution < -0.4 is 5.32 Å². The van der Waals surface area contributed by atoms with Crippen molar-refractivity contribution in [2.24, 2.45) is 5.92 Å². The van der Waals surface area contributed by atoms with E-state index in [1.165, 1.54) is 48.1 Å². The molecular formula is C17H18FN3OS2. The molecule has 126 valence electrons. The van der Waals surface area contributed by atoms with Crippen LogP contribution in [0.15, 0.2) is 39.6 Å². The van der Waals surface area contributed by atoms with Gasteiger partial charge in [-0.05, 0) is 50.0 Å². The highest BCUT2D eigenvalue weighted by molar-refractivity contribution is 8.01. The zero-order valence-corrected chi connectivity index (χ0v) is 14.7. The predicted molar refractivity (Wildman–Crippen MR) is 93.1 cm³/mol. The van der Waals surface area contributed by atoms with E-state index in [1.54, 1.807) is 12.3 Å². The number of nitrogens with one attached hydrogen (secondary N) is 1. The van der Waals surface area contributed by atoms with Crippen LogP contribution in [-0.4, -0.2) is 41.5 Å². The summed E-state index contributed by atoms with van der Waals surface area (Å²) >= 11 is 2.78. The topological polar surface area (TPSA) is 45.2 Å². The molecule has 1 N–H and O–H groups in total. The van der Waals surface area contributed by atoms with Crippen molar-refractivity contribution in [1.82, 2.24) is 15.2 Å². The van der Waals surface area contributed by atoms with Crippen LogP contribution >= 0.6 is 23.1 Å². The number of hydrogen-bond donors (Lipinski definition) is 1. The first-order valence-corrected chi connectivity index (χ1v) is 9.73. The number of rotatable bonds is 4. The molecule has 0 aliphatic carbocycles. The van der Waals surface area contributed by atoms with Crippen molar-refractivity contribution in [2.75, 3.05) is 19.6 Å². The predicted octanol–water partition coefficient (Wildman–Crippen LogP) is 3.26. The molecule has 1 aromatic carbocycles. The van der Waals surface area contributed by atoms with E-state index in [9.17, 15) is 9.18 Å². The highest BCUT2D eigenvalue weighted by atomic mass is 32.2. The monoisotopic (exact) mass is 363 g/mol. The maximum atomic E-state index is 13.2. The molecule has 1 atom stereocenters. The standard InChI is InChI=1S/C17H18FN3OS2/c18-12-2-1-3-13(8-12)23-15-9-19-17(24-15)16(22)20-14-10-21-6-4-11(14)5-7-21/h1-3,8-9,11,14H,4-7,10H2,(H,20,22)/t14-/m0/s1. The van der Waals surface area contributed by atoms with Gasteiger partial charge in [0.1, 0.15) is 5.82 Å². The van der Waals surface area contributed by atoms with E-state index in [-0.39, 0.29) is 17.8 Å². The van der Waals surface area contributed by atoms with Gasteiger partial charge in [-0.3, -0.25) is 4.79 Å². The van der Waals surface area contributed by atoms with Crippen molar-refractivity contribution in [2.45, 2.75) is 28.0 Å². The number of fused-ring (bicyclic) bond motifs is 3. The molecule has 4 heterocycles. The normalized spacial score (nSPS) is 25.6. The first-order valence-electron chi connectivity index (χ1n) is 8.10. The lowest BCUT2D eigenvalue weighted by molar-refractivity contribution is 0.0620. The van der Waals surface area contributed by atoms with E-state index in [0.29, 0.717) is 10.9 Å². The number of aromatic nitrogens is 1. The Morgan fingerprint density at radius 2 is 2.21 bits per heavy atom. The first-order chi connectivity index (χ1) is 11.7. The van der Waals surface area contributed by atoms with Gasteiger partial charge in [0.05, 0.1) is 10.4 Å². The summed E-state index contributed by atoms with van der Waals surface area (Å²) in [5.41, 5.74) is 0. The Bertz CT molecular complexity index is 743. The molecule has 0 saturated carbocycles. The van der Waals surface area contributed by atoms with Gasteiger partial charge in [-0.2, -0.15) is 0 Å². The fourth-order valence-corrected chi connectivity index (χ4v) is 5.32. The van der Waals surface area contributed by atoms with E-state index in [0.717, 1.165) is 28.7 Å². The fourth-order valence-electron chi connectivity index (χ4n) is 3.42. The molecule has 3 fully saturated rings. The zero-order valence-electron chi connectivity index (χ0n) is 13.1. The summed E-state index contributed by atoms with van der Waals surface area (Å²) in [4.78, 5) is 19.9. The Labute approximate surface area is 148 Å². The number of benzene rings is 1. The third kappa shape index (κ3) is 3.48. The van der Waals surface area contributed by atoms with Crippen LogP contribution in [0.4, 0.5) is 4.39 Å². The molecule has 3 aliphatic rings. The van der Waals surface area contributed by atoms with Gasteiger partial charge in [0.15, 0.2) is 5.01 Å².